The predicted octanol–water partition coefficient (Wildman–Crippen LogP) is 3.85. The average Bonchev–Trinajstić information content (AvgIpc) is 3.21. The molecule has 0 spiro atoms. The molecular formula is C25H33N5O2. The molecule has 0 fully saturated rings. The number of H-pyrrole nitrogens is 1. The van der Waals surface area contributed by atoms with Gasteiger partial charge in [0.2, 0.25) is 0 Å². The molecular weight excluding hydrogens is 402 g/mol. The minimum atomic E-state index is -0.933. The van der Waals surface area contributed by atoms with Crippen molar-refractivity contribution in [2.45, 2.75) is 63.5 Å². The van der Waals surface area contributed by atoms with Gasteiger partial charge in [-0.3, -0.25) is 14.7 Å². The van der Waals surface area contributed by atoms with E-state index < -0.39 is 12.0 Å². The van der Waals surface area contributed by atoms with Crippen LogP contribution in [-0.2, 0) is 17.8 Å². The summed E-state index contributed by atoms with van der Waals surface area (Å²) in [6.45, 7) is 2.46. The Hall–Kier alpha value is -2.77. The second kappa shape index (κ2) is 10.7. The zero-order chi connectivity index (χ0) is 22.3. The number of hydrogen-bond donors (Lipinski definition) is 3. The summed E-state index contributed by atoms with van der Waals surface area (Å²) in [6, 6.07) is 11.5. The van der Waals surface area contributed by atoms with Crippen LogP contribution in [0.3, 0.4) is 0 Å². The molecule has 1 aromatic carbocycles. The van der Waals surface area contributed by atoms with E-state index in [-0.39, 0.29) is 0 Å². The highest BCUT2D eigenvalue weighted by atomic mass is 16.4. The third kappa shape index (κ3) is 5.72. The van der Waals surface area contributed by atoms with Crippen molar-refractivity contribution in [1.82, 2.24) is 19.9 Å². The van der Waals surface area contributed by atoms with Gasteiger partial charge in [-0.25, -0.2) is 4.98 Å². The number of aromatic amines is 1. The zero-order valence-corrected chi connectivity index (χ0v) is 18.5. The van der Waals surface area contributed by atoms with Crippen molar-refractivity contribution in [1.29, 1.82) is 0 Å². The van der Waals surface area contributed by atoms with Crippen LogP contribution in [0, 0.1) is 0 Å². The summed E-state index contributed by atoms with van der Waals surface area (Å²) < 4.78 is 0. The van der Waals surface area contributed by atoms with E-state index in [1.807, 2.05) is 36.5 Å². The van der Waals surface area contributed by atoms with Crippen LogP contribution >= 0.6 is 0 Å². The fraction of sp³-hybridized carbons (Fsp3) is 0.480. The summed E-state index contributed by atoms with van der Waals surface area (Å²) in [6.07, 6.45) is 8.92. The summed E-state index contributed by atoms with van der Waals surface area (Å²) in [5.74, 6) is 0.546. The Labute approximate surface area is 189 Å². The fourth-order valence-electron chi connectivity index (χ4n) is 4.77. The van der Waals surface area contributed by atoms with Gasteiger partial charge < -0.3 is 15.8 Å². The molecule has 7 heteroatoms. The molecule has 2 atom stereocenters. The Balaban J connectivity index is 1.36. The maximum absolute atomic E-state index is 11.1. The molecule has 0 radical (unpaired) electrons. The van der Waals surface area contributed by atoms with Crippen LogP contribution in [0.4, 0.5) is 0 Å². The number of aryl methyl sites for hydroxylation is 1. The Bertz CT molecular complexity index is 1000. The fourth-order valence-corrected chi connectivity index (χ4v) is 4.77. The molecule has 7 nitrogen and oxygen atoms in total. The van der Waals surface area contributed by atoms with Crippen LogP contribution in [0.15, 0.2) is 42.6 Å². The van der Waals surface area contributed by atoms with Gasteiger partial charge in [0.05, 0.1) is 17.6 Å². The molecule has 0 amide bonds. The van der Waals surface area contributed by atoms with Gasteiger partial charge in [0.1, 0.15) is 11.9 Å². The number of nitrogens with two attached hydrogens (primary N) is 1. The van der Waals surface area contributed by atoms with Crippen LogP contribution < -0.4 is 5.73 Å². The van der Waals surface area contributed by atoms with Crippen molar-refractivity contribution < 1.29 is 9.90 Å². The zero-order valence-electron chi connectivity index (χ0n) is 18.5. The highest BCUT2D eigenvalue weighted by Gasteiger charge is 2.21. The van der Waals surface area contributed by atoms with E-state index in [0.29, 0.717) is 12.3 Å². The van der Waals surface area contributed by atoms with Gasteiger partial charge in [0, 0.05) is 17.8 Å². The average molecular weight is 436 g/mol. The first-order valence-electron chi connectivity index (χ1n) is 11.7. The Kier molecular flexibility index (Phi) is 7.50. The number of rotatable bonds is 11. The molecule has 1 aliphatic carbocycles. The Morgan fingerprint density at radius 2 is 2.06 bits per heavy atom. The highest BCUT2D eigenvalue weighted by Crippen LogP contribution is 2.33. The number of fused-ring (bicyclic) bond motifs is 2. The van der Waals surface area contributed by atoms with Gasteiger partial charge in [-0.2, -0.15) is 0 Å². The first-order chi connectivity index (χ1) is 15.6. The van der Waals surface area contributed by atoms with Crippen molar-refractivity contribution in [3.8, 4) is 0 Å². The number of para-hydroxylation sites is 2. The molecule has 1 unspecified atom stereocenters. The second-order valence-corrected chi connectivity index (χ2v) is 8.84. The normalized spacial score (nSPS) is 16.9. The molecule has 1 aliphatic rings. The second-order valence-electron chi connectivity index (χ2n) is 8.84. The first kappa shape index (κ1) is 22.4. The third-order valence-electron chi connectivity index (χ3n) is 6.46. The topological polar surface area (TPSA) is 108 Å². The number of nitrogens with one attached hydrogen (secondary N) is 1. The van der Waals surface area contributed by atoms with Crippen molar-refractivity contribution in [3.63, 3.8) is 0 Å². The SMILES string of the molecule is N[C@@H](CCCN(CCCC1CCCc2cccnc21)Cc1nc2ccccc2[nH]1)C(=O)O. The minimum Gasteiger partial charge on any atom is -0.480 e. The van der Waals surface area contributed by atoms with Crippen LogP contribution in [-0.4, -0.2) is 50.1 Å². The lowest BCUT2D eigenvalue weighted by atomic mass is 9.84. The number of carboxylic acids is 1. The maximum atomic E-state index is 11.1. The predicted molar refractivity (Wildman–Crippen MR) is 125 cm³/mol. The van der Waals surface area contributed by atoms with Gasteiger partial charge in [-0.15, -0.1) is 0 Å². The molecule has 4 N–H and O–H groups in total. The van der Waals surface area contributed by atoms with E-state index in [4.69, 9.17) is 15.8 Å². The molecule has 3 aromatic rings. The van der Waals surface area contributed by atoms with Gasteiger partial charge in [-0.05, 0) is 81.8 Å². The monoisotopic (exact) mass is 435 g/mol. The molecule has 2 aromatic heterocycles. The molecule has 0 saturated carbocycles. The number of pyridine rings is 1. The molecule has 0 aliphatic heterocycles. The van der Waals surface area contributed by atoms with Crippen molar-refractivity contribution >= 4 is 17.0 Å². The molecule has 32 heavy (non-hydrogen) atoms. The summed E-state index contributed by atoms with van der Waals surface area (Å²) in [7, 11) is 0. The summed E-state index contributed by atoms with van der Waals surface area (Å²) >= 11 is 0. The number of aromatic nitrogens is 3. The number of carboxylic acid groups (broad SMARTS) is 1. The van der Waals surface area contributed by atoms with E-state index in [1.54, 1.807) is 0 Å². The number of imidazole rings is 1. The van der Waals surface area contributed by atoms with Gasteiger partial charge in [0.15, 0.2) is 0 Å². The molecule has 4 rings (SSSR count). The standard InChI is InChI=1S/C25H33N5O2/c26-20(25(31)32)11-6-16-30(17-23-28-21-12-1-2-13-22(21)29-23)15-5-10-19-8-3-7-18-9-4-14-27-24(18)19/h1-2,4,9,12-14,19-20H,3,5-8,10-11,15-17,26H2,(H,28,29)(H,31,32)/t19?,20-/m0/s1. The highest BCUT2D eigenvalue weighted by molar-refractivity contribution is 5.74. The first-order valence-corrected chi connectivity index (χ1v) is 11.7. The third-order valence-corrected chi connectivity index (χ3v) is 6.46. The molecule has 0 bridgehead atoms. The van der Waals surface area contributed by atoms with Crippen molar-refractivity contribution in [2.24, 2.45) is 5.73 Å². The number of nitrogens with zero attached hydrogens (tertiary/aromatic N) is 3. The van der Waals surface area contributed by atoms with Gasteiger partial charge >= 0.3 is 5.97 Å². The van der Waals surface area contributed by atoms with Crippen LogP contribution in [0.2, 0.25) is 0 Å². The molecule has 2 heterocycles. The summed E-state index contributed by atoms with van der Waals surface area (Å²) in [5.41, 5.74) is 10.4. The number of aliphatic carboxylic acids is 1. The number of hydrogen-bond acceptors (Lipinski definition) is 5. The van der Waals surface area contributed by atoms with Gasteiger partial charge in [-0.1, -0.05) is 18.2 Å². The smallest absolute Gasteiger partial charge is 0.320 e. The minimum absolute atomic E-state index is 0.478. The van der Waals surface area contributed by atoms with Crippen LogP contribution in [0.25, 0.3) is 11.0 Å². The van der Waals surface area contributed by atoms with Crippen molar-refractivity contribution in [3.05, 3.63) is 59.7 Å². The summed E-state index contributed by atoms with van der Waals surface area (Å²) in [4.78, 5) is 26.2. The van der Waals surface area contributed by atoms with E-state index in [0.717, 1.165) is 62.2 Å². The quantitative estimate of drug-likeness (QED) is 0.422. The Morgan fingerprint density at radius 3 is 2.91 bits per heavy atom. The molecule has 170 valence electrons. The van der Waals surface area contributed by atoms with E-state index >= 15 is 0 Å². The van der Waals surface area contributed by atoms with Crippen molar-refractivity contribution in [2.75, 3.05) is 13.1 Å². The van der Waals surface area contributed by atoms with Crippen LogP contribution in [0.5, 0.6) is 0 Å². The largest absolute Gasteiger partial charge is 0.480 e. The Morgan fingerprint density at radius 1 is 1.22 bits per heavy atom. The lowest BCUT2D eigenvalue weighted by molar-refractivity contribution is -0.138. The number of benzene rings is 1. The lowest BCUT2D eigenvalue weighted by Crippen LogP contribution is -2.32. The van der Waals surface area contributed by atoms with Crippen LogP contribution in [0.1, 0.15) is 61.5 Å². The number of carbonyl (C=O) groups is 1. The van der Waals surface area contributed by atoms with E-state index in [1.165, 1.54) is 24.1 Å². The molecule has 0 saturated heterocycles. The van der Waals surface area contributed by atoms with E-state index in [9.17, 15) is 4.79 Å². The summed E-state index contributed by atoms with van der Waals surface area (Å²) in [5, 5.41) is 9.07. The van der Waals surface area contributed by atoms with E-state index in [2.05, 4.69) is 20.9 Å². The lowest BCUT2D eigenvalue weighted by Gasteiger charge is -2.26. The maximum Gasteiger partial charge on any atom is 0.320 e. The van der Waals surface area contributed by atoms with Gasteiger partial charge in [0.25, 0.3) is 0 Å².